The summed E-state index contributed by atoms with van der Waals surface area (Å²) in [6, 6.07) is 6.69. The van der Waals surface area contributed by atoms with Gasteiger partial charge in [0, 0.05) is 23.4 Å². The van der Waals surface area contributed by atoms with Crippen LogP contribution in [0, 0.1) is 0 Å². The van der Waals surface area contributed by atoms with Crippen LogP contribution in [0.5, 0.6) is 0 Å². The van der Waals surface area contributed by atoms with Crippen LogP contribution in [0.4, 0.5) is 0 Å². The lowest BCUT2D eigenvalue weighted by Gasteiger charge is -2.20. The van der Waals surface area contributed by atoms with Crippen molar-refractivity contribution < 1.29 is 13.5 Å². The number of hydrogen-bond donors (Lipinski definition) is 3. The highest BCUT2D eigenvalue weighted by atomic mass is 32.2. The minimum absolute atomic E-state index is 0.0101. The topological polar surface area (TPSA) is 91.3 Å². The summed E-state index contributed by atoms with van der Waals surface area (Å²) < 4.78 is 26.4. The fraction of sp³-hybridized carbons (Fsp3) is 0.438. The van der Waals surface area contributed by atoms with E-state index in [1.165, 1.54) is 0 Å². The van der Waals surface area contributed by atoms with Crippen LogP contribution in [0.25, 0.3) is 10.6 Å². The van der Waals surface area contributed by atoms with E-state index in [4.69, 9.17) is 10.1 Å². The molecule has 0 aliphatic carbocycles. The molecule has 2 aromatic rings. The van der Waals surface area contributed by atoms with Crippen molar-refractivity contribution in [2.75, 3.05) is 26.2 Å². The van der Waals surface area contributed by atoms with Gasteiger partial charge in [0.1, 0.15) is 5.01 Å². The Morgan fingerprint density at radius 1 is 1.25 bits per heavy atom. The molecule has 6 nitrogen and oxygen atoms in total. The second-order valence-electron chi connectivity index (χ2n) is 5.75. The van der Waals surface area contributed by atoms with Gasteiger partial charge >= 0.3 is 0 Å². The van der Waals surface area contributed by atoms with Gasteiger partial charge in [0.25, 0.3) is 0 Å². The molecule has 2 heterocycles. The SMILES string of the molecule is O=S(=O)(NCCO)c1ccc(-c2nc(C3CCNCC3)cs2)cc1. The molecule has 1 aromatic heterocycles. The molecule has 0 bridgehead atoms. The first-order valence-electron chi connectivity index (χ1n) is 7.97. The molecule has 1 saturated heterocycles. The van der Waals surface area contributed by atoms with Gasteiger partial charge in [-0.2, -0.15) is 0 Å². The van der Waals surface area contributed by atoms with Crippen LogP contribution < -0.4 is 10.0 Å². The minimum atomic E-state index is -3.57. The van der Waals surface area contributed by atoms with Gasteiger partial charge < -0.3 is 10.4 Å². The van der Waals surface area contributed by atoms with Gasteiger partial charge in [-0.05, 0) is 38.1 Å². The van der Waals surface area contributed by atoms with E-state index in [0.29, 0.717) is 5.92 Å². The quantitative estimate of drug-likeness (QED) is 0.720. The summed E-state index contributed by atoms with van der Waals surface area (Å²) >= 11 is 1.59. The van der Waals surface area contributed by atoms with E-state index in [1.807, 2.05) is 0 Å². The fourth-order valence-corrected chi connectivity index (χ4v) is 4.69. The number of aromatic nitrogens is 1. The smallest absolute Gasteiger partial charge is 0.240 e. The molecule has 3 N–H and O–H groups in total. The molecule has 1 fully saturated rings. The molecule has 1 aromatic carbocycles. The van der Waals surface area contributed by atoms with Crippen LogP contribution in [-0.4, -0.2) is 44.7 Å². The molecule has 0 radical (unpaired) electrons. The van der Waals surface area contributed by atoms with E-state index < -0.39 is 10.0 Å². The normalized spacial score (nSPS) is 16.4. The summed E-state index contributed by atoms with van der Waals surface area (Å²) in [5, 5.41) is 15.1. The molecule has 1 aliphatic heterocycles. The van der Waals surface area contributed by atoms with Crippen molar-refractivity contribution in [2.45, 2.75) is 23.7 Å². The molecular formula is C16H21N3O3S2. The molecule has 1 aliphatic rings. The summed E-state index contributed by atoms with van der Waals surface area (Å²) in [4.78, 5) is 4.93. The number of nitrogens with one attached hydrogen (secondary N) is 2. The van der Waals surface area contributed by atoms with Crippen molar-refractivity contribution in [2.24, 2.45) is 0 Å². The summed E-state index contributed by atoms with van der Waals surface area (Å²) in [6.07, 6.45) is 2.22. The number of hydrogen-bond acceptors (Lipinski definition) is 6. The average Bonchev–Trinajstić information content (AvgIpc) is 3.11. The van der Waals surface area contributed by atoms with Gasteiger partial charge in [-0.3, -0.25) is 0 Å². The zero-order chi connectivity index (χ0) is 17.0. The van der Waals surface area contributed by atoms with Crippen molar-refractivity contribution >= 4 is 21.4 Å². The second-order valence-corrected chi connectivity index (χ2v) is 8.37. The Balaban J connectivity index is 1.75. The number of aliphatic hydroxyl groups excluding tert-OH is 1. The molecule has 0 spiro atoms. The molecule has 3 rings (SSSR count). The van der Waals surface area contributed by atoms with Crippen LogP contribution >= 0.6 is 11.3 Å². The van der Waals surface area contributed by atoms with E-state index in [9.17, 15) is 8.42 Å². The van der Waals surface area contributed by atoms with E-state index in [-0.39, 0.29) is 18.0 Å². The van der Waals surface area contributed by atoms with Crippen LogP contribution in [0.3, 0.4) is 0 Å². The third-order valence-corrected chi connectivity index (χ3v) is 6.48. The second kappa shape index (κ2) is 7.71. The Kier molecular flexibility index (Phi) is 5.62. The Labute approximate surface area is 146 Å². The lowest BCUT2D eigenvalue weighted by Crippen LogP contribution is -2.26. The first-order valence-corrected chi connectivity index (χ1v) is 10.3. The van der Waals surface area contributed by atoms with Gasteiger partial charge in [0.2, 0.25) is 10.0 Å². The molecule has 130 valence electrons. The van der Waals surface area contributed by atoms with Crippen LogP contribution in [0.2, 0.25) is 0 Å². The highest BCUT2D eigenvalue weighted by Crippen LogP contribution is 2.31. The van der Waals surface area contributed by atoms with Crippen LogP contribution in [0.15, 0.2) is 34.5 Å². The first kappa shape index (κ1) is 17.5. The van der Waals surface area contributed by atoms with E-state index in [1.54, 1.807) is 35.6 Å². The summed E-state index contributed by atoms with van der Waals surface area (Å²) in [6.45, 7) is 1.85. The number of nitrogens with zero attached hydrogens (tertiary/aromatic N) is 1. The Morgan fingerprint density at radius 2 is 1.96 bits per heavy atom. The van der Waals surface area contributed by atoms with E-state index in [0.717, 1.165) is 42.2 Å². The van der Waals surface area contributed by atoms with Crippen LogP contribution in [0.1, 0.15) is 24.5 Å². The van der Waals surface area contributed by atoms with Crippen molar-refractivity contribution in [3.63, 3.8) is 0 Å². The zero-order valence-corrected chi connectivity index (χ0v) is 14.9. The van der Waals surface area contributed by atoms with E-state index >= 15 is 0 Å². The standard InChI is InChI=1S/C16H21N3O3S2/c20-10-9-18-24(21,22)14-3-1-13(2-4-14)16-19-15(11-23-16)12-5-7-17-8-6-12/h1-4,11-12,17-18,20H,5-10H2. The van der Waals surface area contributed by atoms with Gasteiger partial charge in [-0.25, -0.2) is 18.1 Å². The number of thiazole rings is 1. The molecular weight excluding hydrogens is 346 g/mol. The maximum absolute atomic E-state index is 12.0. The lowest BCUT2D eigenvalue weighted by molar-refractivity contribution is 0.301. The van der Waals surface area contributed by atoms with Crippen molar-refractivity contribution in [3.8, 4) is 10.6 Å². The summed E-state index contributed by atoms with van der Waals surface area (Å²) in [5.41, 5.74) is 2.05. The lowest BCUT2D eigenvalue weighted by atomic mass is 9.95. The predicted octanol–water partition coefficient (Wildman–Crippen LogP) is 1.55. The van der Waals surface area contributed by atoms with E-state index in [2.05, 4.69) is 15.4 Å². The largest absolute Gasteiger partial charge is 0.395 e. The molecule has 0 unspecified atom stereocenters. The molecule has 24 heavy (non-hydrogen) atoms. The summed E-state index contributed by atoms with van der Waals surface area (Å²) in [7, 11) is -3.57. The fourth-order valence-electron chi connectivity index (χ4n) is 2.76. The zero-order valence-electron chi connectivity index (χ0n) is 13.2. The van der Waals surface area contributed by atoms with Gasteiger partial charge in [-0.1, -0.05) is 12.1 Å². The molecule has 0 saturated carbocycles. The predicted molar refractivity (Wildman–Crippen MR) is 94.7 cm³/mol. The average molecular weight is 367 g/mol. The Morgan fingerprint density at radius 3 is 2.62 bits per heavy atom. The highest BCUT2D eigenvalue weighted by Gasteiger charge is 2.19. The van der Waals surface area contributed by atoms with Crippen LogP contribution in [-0.2, 0) is 10.0 Å². The van der Waals surface area contributed by atoms with Gasteiger partial charge in [0.05, 0.1) is 17.2 Å². The third-order valence-electron chi connectivity index (χ3n) is 4.09. The van der Waals surface area contributed by atoms with Crippen molar-refractivity contribution in [3.05, 3.63) is 35.3 Å². The first-order chi connectivity index (χ1) is 11.6. The molecule has 8 heteroatoms. The molecule has 0 atom stereocenters. The number of benzene rings is 1. The van der Waals surface area contributed by atoms with Gasteiger partial charge in [0.15, 0.2) is 0 Å². The Bertz CT molecular complexity index is 766. The van der Waals surface area contributed by atoms with Crippen molar-refractivity contribution in [1.82, 2.24) is 15.0 Å². The number of piperidine rings is 1. The van der Waals surface area contributed by atoms with Crippen molar-refractivity contribution in [1.29, 1.82) is 0 Å². The number of rotatable bonds is 6. The number of sulfonamides is 1. The number of aliphatic hydroxyl groups is 1. The highest BCUT2D eigenvalue weighted by molar-refractivity contribution is 7.89. The Hall–Kier alpha value is -1.32. The summed E-state index contributed by atoms with van der Waals surface area (Å²) in [5.74, 6) is 0.513. The maximum Gasteiger partial charge on any atom is 0.240 e. The third kappa shape index (κ3) is 4.01. The maximum atomic E-state index is 12.0. The van der Waals surface area contributed by atoms with Gasteiger partial charge in [-0.15, -0.1) is 11.3 Å². The monoisotopic (exact) mass is 367 g/mol. The minimum Gasteiger partial charge on any atom is -0.395 e. The molecule has 0 amide bonds.